The zero-order valence-corrected chi connectivity index (χ0v) is 13.6. The molecule has 0 unspecified atom stereocenters. The highest BCUT2D eigenvalue weighted by Crippen LogP contribution is 2.42. The number of thiazole rings is 1. The molecule has 5 heteroatoms. The third-order valence-corrected chi connectivity index (χ3v) is 5.40. The molecule has 2 rings (SSSR count). The molecule has 1 saturated carbocycles. The van der Waals surface area contributed by atoms with Gasteiger partial charge in [0, 0.05) is 19.0 Å². The average Bonchev–Trinajstić information content (AvgIpc) is 2.89. The van der Waals surface area contributed by atoms with E-state index in [2.05, 4.69) is 39.8 Å². The topological polar surface area (TPSA) is 49.3 Å². The van der Waals surface area contributed by atoms with E-state index >= 15 is 0 Å². The van der Waals surface area contributed by atoms with Crippen molar-refractivity contribution in [2.75, 3.05) is 13.6 Å². The van der Waals surface area contributed by atoms with Crippen LogP contribution < -0.4 is 10.6 Å². The summed E-state index contributed by atoms with van der Waals surface area (Å²) < 4.78 is 0. The van der Waals surface area contributed by atoms with Gasteiger partial charge in [-0.1, -0.05) is 20.3 Å². The molecule has 4 nitrogen and oxygen atoms in total. The van der Waals surface area contributed by atoms with Crippen LogP contribution in [0, 0.1) is 5.41 Å². The SMILES string of the molecule is CCc1nc(CNC(=NC)NCC2(CC)CCC2)cs1. The van der Waals surface area contributed by atoms with E-state index in [1.165, 1.54) is 30.7 Å². The maximum Gasteiger partial charge on any atom is 0.191 e. The molecule has 0 saturated heterocycles. The van der Waals surface area contributed by atoms with Gasteiger partial charge < -0.3 is 10.6 Å². The van der Waals surface area contributed by atoms with Gasteiger partial charge in [0.05, 0.1) is 17.2 Å². The molecule has 1 fully saturated rings. The summed E-state index contributed by atoms with van der Waals surface area (Å²) in [6.07, 6.45) is 6.33. The molecule has 0 aromatic carbocycles. The molecule has 0 radical (unpaired) electrons. The van der Waals surface area contributed by atoms with Crippen LogP contribution in [-0.2, 0) is 13.0 Å². The lowest BCUT2D eigenvalue weighted by Crippen LogP contribution is -2.46. The smallest absolute Gasteiger partial charge is 0.191 e. The second-order valence-corrected chi connectivity index (χ2v) is 6.52. The van der Waals surface area contributed by atoms with Gasteiger partial charge in [0.25, 0.3) is 0 Å². The molecule has 0 spiro atoms. The largest absolute Gasteiger partial charge is 0.356 e. The molecule has 1 heterocycles. The van der Waals surface area contributed by atoms with Crippen LogP contribution >= 0.6 is 11.3 Å². The van der Waals surface area contributed by atoms with Gasteiger partial charge in [0.2, 0.25) is 0 Å². The Bertz CT molecular complexity index is 443. The Labute approximate surface area is 126 Å². The summed E-state index contributed by atoms with van der Waals surface area (Å²) >= 11 is 1.73. The first-order valence-electron chi connectivity index (χ1n) is 7.59. The minimum Gasteiger partial charge on any atom is -0.356 e. The number of hydrogen-bond donors (Lipinski definition) is 2. The van der Waals surface area contributed by atoms with Crippen molar-refractivity contribution >= 4 is 17.3 Å². The Kier molecular flexibility index (Phi) is 5.40. The van der Waals surface area contributed by atoms with Crippen molar-refractivity contribution in [1.82, 2.24) is 15.6 Å². The maximum absolute atomic E-state index is 4.56. The van der Waals surface area contributed by atoms with E-state index in [0.717, 1.165) is 31.2 Å². The fourth-order valence-electron chi connectivity index (χ4n) is 2.59. The number of guanidine groups is 1. The van der Waals surface area contributed by atoms with Crippen LogP contribution in [0.3, 0.4) is 0 Å². The summed E-state index contributed by atoms with van der Waals surface area (Å²) in [6, 6.07) is 0. The normalized spacial score (nSPS) is 17.6. The first-order valence-corrected chi connectivity index (χ1v) is 8.47. The summed E-state index contributed by atoms with van der Waals surface area (Å²) in [7, 11) is 1.83. The summed E-state index contributed by atoms with van der Waals surface area (Å²) in [5.41, 5.74) is 1.61. The zero-order chi connectivity index (χ0) is 14.4. The highest BCUT2D eigenvalue weighted by molar-refractivity contribution is 7.09. The van der Waals surface area contributed by atoms with Crippen LogP contribution in [0.4, 0.5) is 0 Å². The Balaban J connectivity index is 1.77. The number of aromatic nitrogens is 1. The molecular weight excluding hydrogens is 268 g/mol. The van der Waals surface area contributed by atoms with Gasteiger partial charge in [0.1, 0.15) is 0 Å². The number of rotatable bonds is 6. The summed E-state index contributed by atoms with van der Waals surface area (Å²) in [5.74, 6) is 0.885. The van der Waals surface area contributed by atoms with Gasteiger partial charge in [-0.05, 0) is 31.1 Å². The Morgan fingerprint density at radius 1 is 1.40 bits per heavy atom. The summed E-state index contributed by atoms with van der Waals surface area (Å²) in [5, 5.41) is 10.1. The van der Waals surface area contributed by atoms with E-state index in [0.29, 0.717) is 5.41 Å². The number of nitrogens with one attached hydrogen (secondary N) is 2. The Morgan fingerprint density at radius 3 is 2.70 bits per heavy atom. The van der Waals surface area contributed by atoms with E-state index in [-0.39, 0.29) is 0 Å². The lowest BCUT2D eigenvalue weighted by atomic mass is 9.67. The van der Waals surface area contributed by atoms with Gasteiger partial charge in [-0.3, -0.25) is 4.99 Å². The quantitative estimate of drug-likeness (QED) is 0.626. The molecule has 0 bridgehead atoms. The van der Waals surface area contributed by atoms with Crippen molar-refractivity contribution in [2.45, 2.75) is 52.5 Å². The van der Waals surface area contributed by atoms with Crippen LogP contribution in [0.2, 0.25) is 0 Å². The maximum atomic E-state index is 4.56. The second kappa shape index (κ2) is 7.07. The van der Waals surface area contributed by atoms with E-state index < -0.39 is 0 Å². The van der Waals surface area contributed by atoms with Gasteiger partial charge in [-0.25, -0.2) is 4.98 Å². The molecule has 1 aromatic rings. The molecule has 20 heavy (non-hydrogen) atoms. The molecule has 1 aromatic heterocycles. The van der Waals surface area contributed by atoms with Crippen molar-refractivity contribution in [3.8, 4) is 0 Å². The van der Waals surface area contributed by atoms with Gasteiger partial charge >= 0.3 is 0 Å². The molecule has 0 aliphatic heterocycles. The predicted octanol–water partition coefficient (Wildman–Crippen LogP) is 2.95. The predicted molar refractivity (Wildman–Crippen MR) is 86.3 cm³/mol. The van der Waals surface area contributed by atoms with Crippen molar-refractivity contribution in [3.63, 3.8) is 0 Å². The van der Waals surface area contributed by atoms with Crippen LogP contribution in [0.15, 0.2) is 10.4 Å². The summed E-state index contributed by atoms with van der Waals surface area (Å²) in [4.78, 5) is 8.86. The third kappa shape index (κ3) is 3.72. The lowest BCUT2D eigenvalue weighted by Gasteiger charge is -2.41. The molecule has 1 aliphatic rings. The fourth-order valence-corrected chi connectivity index (χ4v) is 3.34. The van der Waals surface area contributed by atoms with Crippen molar-refractivity contribution in [3.05, 3.63) is 16.1 Å². The molecule has 0 amide bonds. The van der Waals surface area contributed by atoms with Crippen LogP contribution in [0.5, 0.6) is 0 Å². The minimum atomic E-state index is 0.508. The number of aliphatic imine (C=N–C) groups is 1. The first kappa shape index (κ1) is 15.3. The standard InChI is InChI=1S/C15H26N4S/c1-4-13-19-12(10-20-13)9-17-14(16-3)18-11-15(5-2)7-6-8-15/h10H,4-9,11H2,1-3H3,(H2,16,17,18). The zero-order valence-electron chi connectivity index (χ0n) is 12.8. The van der Waals surface area contributed by atoms with E-state index in [9.17, 15) is 0 Å². The number of nitrogens with zero attached hydrogens (tertiary/aromatic N) is 2. The fraction of sp³-hybridized carbons (Fsp3) is 0.733. The van der Waals surface area contributed by atoms with E-state index in [1.54, 1.807) is 11.3 Å². The molecule has 1 aliphatic carbocycles. The van der Waals surface area contributed by atoms with E-state index in [1.807, 2.05) is 7.05 Å². The lowest BCUT2D eigenvalue weighted by molar-refractivity contribution is 0.131. The van der Waals surface area contributed by atoms with Gasteiger partial charge in [-0.15, -0.1) is 11.3 Å². The average molecular weight is 294 g/mol. The third-order valence-electron chi connectivity index (χ3n) is 4.36. The monoisotopic (exact) mass is 294 g/mol. The van der Waals surface area contributed by atoms with Crippen LogP contribution in [0.25, 0.3) is 0 Å². The minimum absolute atomic E-state index is 0.508. The molecule has 0 atom stereocenters. The van der Waals surface area contributed by atoms with E-state index in [4.69, 9.17) is 0 Å². The van der Waals surface area contributed by atoms with Crippen LogP contribution in [0.1, 0.15) is 50.2 Å². The summed E-state index contributed by atoms with van der Waals surface area (Å²) in [6.45, 7) is 6.20. The van der Waals surface area contributed by atoms with Gasteiger partial charge in [-0.2, -0.15) is 0 Å². The van der Waals surface area contributed by atoms with Crippen molar-refractivity contribution < 1.29 is 0 Å². The highest BCUT2D eigenvalue weighted by atomic mass is 32.1. The van der Waals surface area contributed by atoms with Crippen molar-refractivity contribution in [2.24, 2.45) is 10.4 Å². The molecule has 2 N–H and O–H groups in total. The number of hydrogen-bond acceptors (Lipinski definition) is 3. The number of aryl methyl sites for hydroxylation is 1. The highest BCUT2D eigenvalue weighted by Gasteiger charge is 2.34. The first-order chi connectivity index (χ1) is 9.71. The second-order valence-electron chi connectivity index (χ2n) is 5.57. The van der Waals surface area contributed by atoms with Gasteiger partial charge in [0.15, 0.2) is 5.96 Å². The molecule has 112 valence electrons. The van der Waals surface area contributed by atoms with Crippen LogP contribution in [-0.4, -0.2) is 24.5 Å². The van der Waals surface area contributed by atoms with Crippen molar-refractivity contribution in [1.29, 1.82) is 0 Å². The molecular formula is C15H26N4S. The Hall–Kier alpha value is -1.10. The Morgan fingerprint density at radius 2 is 2.20 bits per heavy atom.